The molecule has 0 saturated heterocycles. The monoisotopic (exact) mass is 266 g/mol. The van der Waals surface area contributed by atoms with Crippen molar-refractivity contribution in [1.82, 2.24) is 9.97 Å². The van der Waals surface area contributed by atoms with Crippen molar-refractivity contribution in [3.63, 3.8) is 0 Å². The van der Waals surface area contributed by atoms with E-state index in [-0.39, 0.29) is 11.6 Å². The Bertz CT molecular complexity index is 611. The van der Waals surface area contributed by atoms with Crippen LogP contribution >= 0.6 is 11.3 Å². The maximum absolute atomic E-state index is 13.0. The number of carbonyl (C=O) groups excluding carboxylic acids is 1. The van der Waals surface area contributed by atoms with E-state index < -0.39 is 5.95 Å². The van der Waals surface area contributed by atoms with Crippen LogP contribution in [0.25, 0.3) is 10.4 Å². The quantitative estimate of drug-likeness (QED) is 0.816. The van der Waals surface area contributed by atoms with Crippen LogP contribution in [-0.4, -0.2) is 15.9 Å². The van der Waals surface area contributed by atoms with Crippen molar-refractivity contribution in [2.45, 2.75) is 13.8 Å². The number of hydrogen-bond donors (Lipinski definition) is 2. The Labute approximate surface area is 107 Å². The first kappa shape index (κ1) is 12.4. The lowest BCUT2D eigenvalue weighted by atomic mass is 10.2. The molecule has 0 atom stereocenters. The third kappa shape index (κ3) is 2.45. The molecule has 0 aromatic carbocycles. The Kier molecular flexibility index (Phi) is 3.24. The van der Waals surface area contributed by atoms with E-state index in [4.69, 9.17) is 5.73 Å². The summed E-state index contributed by atoms with van der Waals surface area (Å²) in [5.74, 6) is -0.880. The second kappa shape index (κ2) is 4.69. The van der Waals surface area contributed by atoms with Crippen molar-refractivity contribution in [2.24, 2.45) is 0 Å². The largest absolute Gasteiger partial charge is 0.395 e. The molecule has 2 aromatic heterocycles. The molecule has 18 heavy (non-hydrogen) atoms. The van der Waals surface area contributed by atoms with Gasteiger partial charge >= 0.3 is 0 Å². The van der Waals surface area contributed by atoms with Crippen molar-refractivity contribution >= 4 is 28.1 Å². The van der Waals surface area contributed by atoms with Crippen molar-refractivity contribution in [1.29, 1.82) is 0 Å². The number of thiazole rings is 1. The molecule has 0 aliphatic heterocycles. The number of anilines is 2. The van der Waals surface area contributed by atoms with E-state index in [1.54, 1.807) is 6.92 Å². The van der Waals surface area contributed by atoms with Gasteiger partial charge in [0.2, 0.25) is 11.9 Å². The van der Waals surface area contributed by atoms with Crippen LogP contribution in [0.4, 0.5) is 15.2 Å². The molecular formula is C11H11FN4OS. The maximum atomic E-state index is 13.0. The molecule has 94 valence electrons. The topological polar surface area (TPSA) is 80.9 Å². The number of nitrogens with two attached hydrogens (primary N) is 1. The van der Waals surface area contributed by atoms with Crippen LogP contribution in [0.1, 0.15) is 12.6 Å². The van der Waals surface area contributed by atoms with E-state index in [0.717, 1.165) is 10.6 Å². The summed E-state index contributed by atoms with van der Waals surface area (Å²) in [5.41, 5.74) is 6.87. The van der Waals surface area contributed by atoms with Gasteiger partial charge in [0.15, 0.2) is 5.13 Å². The predicted octanol–water partition coefficient (Wildman–Crippen LogP) is 2.19. The standard InChI is InChI=1S/C11H11FN4OS/c1-5-9(18-11(15-5)16-6(2)17)7-3-8(13)10(12)14-4-7/h3-4H,13H2,1-2H3,(H,15,16,17). The zero-order valence-corrected chi connectivity index (χ0v) is 10.6. The van der Waals surface area contributed by atoms with Gasteiger partial charge in [-0.05, 0) is 13.0 Å². The van der Waals surface area contributed by atoms with Gasteiger partial charge in [-0.3, -0.25) is 4.79 Å². The van der Waals surface area contributed by atoms with Crippen LogP contribution in [0.15, 0.2) is 12.3 Å². The number of rotatable bonds is 2. The molecule has 0 radical (unpaired) electrons. The third-order valence-corrected chi connectivity index (χ3v) is 3.33. The van der Waals surface area contributed by atoms with Gasteiger partial charge in [0, 0.05) is 18.7 Å². The summed E-state index contributed by atoms with van der Waals surface area (Å²) in [5, 5.41) is 3.10. The normalized spacial score (nSPS) is 10.4. The fourth-order valence-corrected chi connectivity index (χ4v) is 2.45. The van der Waals surface area contributed by atoms with E-state index in [1.165, 1.54) is 30.5 Å². The van der Waals surface area contributed by atoms with E-state index in [2.05, 4.69) is 15.3 Å². The Balaban J connectivity index is 2.41. The molecule has 0 saturated carbocycles. The van der Waals surface area contributed by atoms with E-state index in [1.807, 2.05) is 0 Å². The molecule has 0 aliphatic rings. The minimum absolute atomic E-state index is 0.0126. The Morgan fingerprint density at radius 3 is 2.89 bits per heavy atom. The number of halogens is 1. The van der Waals surface area contributed by atoms with Crippen LogP contribution in [0.3, 0.4) is 0 Å². The van der Waals surface area contributed by atoms with Gasteiger partial charge < -0.3 is 11.1 Å². The number of pyridine rings is 1. The van der Waals surface area contributed by atoms with E-state index >= 15 is 0 Å². The molecular weight excluding hydrogens is 255 g/mol. The van der Waals surface area contributed by atoms with Crippen molar-refractivity contribution in [3.05, 3.63) is 23.9 Å². The SMILES string of the molecule is CC(=O)Nc1nc(C)c(-c2cnc(F)c(N)c2)s1. The van der Waals surface area contributed by atoms with Gasteiger partial charge in [0.05, 0.1) is 16.3 Å². The molecule has 3 N–H and O–H groups in total. The summed E-state index contributed by atoms with van der Waals surface area (Å²) in [4.78, 5) is 19.5. The number of amides is 1. The molecule has 0 unspecified atom stereocenters. The van der Waals surface area contributed by atoms with Gasteiger partial charge in [-0.25, -0.2) is 9.97 Å². The zero-order chi connectivity index (χ0) is 13.3. The van der Waals surface area contributed by atoms with Crippen LogP contribution in [0.2, 0.25) is 0 Å². The number of nitrogens with zero attached hydrogens (tertiary/aromatic N) is 2. The molecule has 2 aromatic rings. The molecule has 2 rings (SSSR count). The summed E-state index contributed by atoms with van der Waals surface area (Å²) in [6.07, 6.45) is 1.39. The lowest BCUT2D eigenvalue weighted by Gasteiger charge is -2.00. The van der Waals surface area contributed by atoms with Crippen molar-refractivity contribution in [3.8, 4) is 10.4 Å². The van der Waals surface area contributed by atoms with Gasteiger partial charge in [-0.1, -0.05) is 11.3 Å². The molecule has 0 spiro atoms. The fourth-order valence-electron chi connectivity index (χ4n) is 1.46. The average Bonchev–Trinajstić information content (AvgIpc) is 2.62. The number of aryl methyl sites for hydroxylation is 1. The minimum Gasteiger partial charge on any atom is -0.395 e. The molecule has 5 nitrogen and oxygen atoms in total. The smallest absolute Gasteiger partial charge is 0.236 e. The van der Waals surface area contributed by atoms with E-state index in [0.29, 0.717) is 10.7 Å². The van der Waals surface area contributed by atoms with Crippen LogP contribution in [-0.2, 0) is 4.79 Å². The van der Waals surface area contributed by atoms with Gasteiger partial charge in [0.25, 0.3) is 0 Å². The summed E-state index contributed by atoms with van der Waals surface area (Å²) >= 11 is 1.29. The molecule has 0 fully saturated rings. The number of nitrogen functional groups attached to an aromatic ring is 1. The van der Waals surface area contributed by atoms with Crippen LogP contribution < -0.4 is 11.1 Å². The summed E-state index contributed by atoms with van der Waals surface area (Å²) in [6, 6.07) is 1.50. The molecule has 2 heterocycles. The lowest BCUT2D eigenvalue weighted by molar-refractivity contribution is -0.114. The highest BCUT2D eigenvalue weighted by Gasteiger charge is 2.12. The number of hydrogen-bond acceptors (Lipinski definition) is 5. The highest BCUT2D eigenvalue weighted by atomic mass is 32.1. The fraction of sp³-hybridized carbons (Fsp3) is 0.182. The number of carbonyl (C=O) groups is 1. The highest BCUT2D eigenvalue weighted by molar-refractivity contribution is 7.19. The zero-order valence-electron chi connectivity index (χ0n) is 9.82. The Morgan fingerprint density at radius 2 is 2.28 bits per heavy atom. The molecule has 0 aliphatic carbocycles. The van der Waals surface area contributed by atoms with Gasteiger partial charge in [-0.2, -0.15) is 4.39 Å². The van der Waals surface area contributed by atoms with E-state index in [9.17, 15) is 9.18 Å². The first-order chi connectivity index (χ1) is 8.47. The second-order valence-corrected chi connectivity index (χ2v) is 4.72. The third-order valence-electron chi connectivity index (χ3n) is 2.21. The minimum atomic E-state index is -0.692. The van der Waals surface area contributed by atoms with Crippen molar-refractivity contribution < 1.29 is 9.18 Å². The van der Waals surface area contributed by atoms with Crippen LogP contribution in [0.5, 0.6) is 0 Å². The molecule has 7 heteroatoms. The number of nitrogens with one attached hydrogen (secondary N) is 1. The second-order valence-electron chi connectivity index (χ2n) is 3.72. The Morgan fingerprint density at radius 1 is 1.56 bits per heavy atom. The lowest BCUT2D eigenvalue weighted by Crippen LogP contribution is -2.04. The summed E-state index contributed by atoms with van der Waals surface area (Å²) < 4.78 is 13.0. The first-order valence-electron chi connectivity index (χ1n) is 5.14. The molecule has 1 amide bonds. The summed E-state index contributed by atoms with van der Waals surface area (Å²) in [7, 11) is 0. The predicted molar refractivity (Wildman–Crippen MR) is 68.8 cm³/mol. The molecule has 0 bridgehead atoms. The van der Waals surface area contributed by atoms with Crippen molar-refractivity contribution in [2.75, 3.05) is 11.1 Å². The highest BCUT2D eigenvalue weighted by Crippen LogP contribution is 2.33. The summed E-state index contributed by atoms with van der Waals surface area (Å²) in [6.45, 7) is 3.21. The van der Waals surface area contributed by atoms with Gasteiger partial charge in [0.1, 0.15) is 0 Å². The first-order valence-corrected chi connectivity index (χ1v) is 5.95. The van der Waals surface area contributed by atoms with Gasteiger partial charge in [-0.15, -0.1) is 0 Å². The van der Waals surface area contributed by atoms with Crippen LogP contribution in [0, 0.1) is 12.9 Å². The average molecular weight is 266 g/mol. The maximum Gasteiger partial charge on any atom is 0.236 e. The Hall–Kier alpha value is -2.02. The number of aromatic nitrogens is 2.